The second-order valence-electron chi connectivity index (χ2n) is 15.5. The predicted octanol–water partition coefficient (Wildman–Crippen LogP) is 16.1. The lowest BCUT2D eigenvalue weighted by Crippen LogP contribution is -1.90. The van der Waals surface area contributed by atoms with Crippen molar-refractivity contribution in [3.63, 3.8) is 0 Å². The molecular weight excluding hydrogens is 689 g/mol. The topological polar surface area (TPSA) is 13.1 Å². The molecule has 1 heteroatoms. The summed E-state index contributed by atoms with van der Waals surface area (Å²) in [7, 11) is 0. The Kier molecular flexibility index (Phi) is 6.23. The third kappa shape index (κ3) is 4.34. The fraction of sp³-hybridized carbons (Fsp3) is 0. The van der Waals surface area contributed by atoms with E-state index in [1.807, 2.05) is 6.07 Å². The van der Waals surface area contributed by atoms with Gasteiger partial charge in [-0.15, -0.1) is 0 Å². The van der Waals surface area contributed by atoms with Crippen LogP contribution in [0.5, 0.6) is 0 Å². The number of rotatable bonds is 3. The molecule has 0 amide bonds. The van der Waals surface area contributed by atoms with Gasteiger partial charge in [-0.1, -0.05) is 170 Å². The molecular formula is C56H32O. The molecule has 13 aromatic rings. The zero-order chi connectivity index (χ0) is 37.2. The molecule has 0 fully saturated rings. The van der Waals surface area contributed by atoms with Gasteiger partial charge in [-0.3, -0.25) is 0 Å². The second kappa shape index (κ2) is 11.5. The number of fused-ring (bicyclic) bond motifs is 11. The van der Waals surface area contributed by atoms with Gasteiger partial charge in [0.2, 0.25) is 0 Å². The molecule has 0 unspecified atom stereocenters. The maximum Gasteiger partial charge on any atom is 0.136 e. The van der Waals surface area contributed by atoms with Gasteiger partial charge in [-0.05, 0) is 128 Å². The van der Waals surface area contributed by atoms with E-state index in [2.05, 4.69) is 188 Å². The molecule has 0 saturated carbocycles. The molecule has 1 heterocycles. The van der Waals surface area contributed by atoms with Crippen molar-refractivity contribution in [2.75, 3.05) is 0 Å². The van der Waals surface area contributed by atoms with Gasteiger partial charge in [-0.2, -0.15) is 0 Å². The molecule has 262 valence electrons. The third-order valence-electron chi connectivity index (χ3n) is 12.6. The van der Waals surface area contributed by atoms with Gasteiger partial charge in [0, 0.05) is 16.2 Å². The van der Waals surface area contributed by atoms with E-state index in [1.54, 1.807) is 0 Å². The summed E-state index contributed by atoms with van der Waals surface area (Å²) in [5.41, 5.74) is 9.32. The molecule has 0 aliphatic heterocycles. The number of benzene rings is 12. The minimum atomic E-state index is 0.927. The SMILES string of the molecule is c1ccc2c(-c3ccc4ccc5c(-c6ccc(-c7ccc8c(c7)c7ccccc7c7c8ccc8oc9ccccc9c87)cc6)ccc6ccc3c4c65)cccc2c1. The van der Waals surface area contributed by atoms with Crippen molar-refractivity contribution >= 4 is 97.3 Å². The zero-order valence-corrected chi connectivity index (χ0v) is 30.9. The Balaban J connectivity index is 0.950. The first-order chi connectivity index (χ1) is 28.3. The number of para-hydroxylation sites is 1. The van der Waals surface area contributed by atoms with Crippen LogP contribution in [0.15, 0.2) is 199 Å². The van der Waals surface area contributed by atoms with E-state index >= 15 is 0 Å². The van der Waals surface area contributed by atoms with Crippen molar-refractivity contribution < 1.29 is 4.42 Å². The lowest BCUT2D eigenvalue weighted by Gasteiger charge is -2.17. The first-order valence-corrected chi connectivity index (χ1v) is 19.7. The van der Waals surface area contributed by atoms with E-state index < -0.39 is 0 Å². The Morgan fingerprint density at radius 1 is 0.228 bits per heavy atom. The predicted molar refractivity (Wildman–Crippen MR) is 244 cm³/mol. The summed E-state index contributed by atoms with van der Waals surface area (Å²) in [6.45, 7) is 0. The molecule has 0 N–H and O–H groups in total. The zero-order valence-electron chi connectivity index (χ0n) is 30.9. The molecule has 0 spiro atoms. The fourth-order valence-electron chi connectivity index (χ4n) is 10.0. The van der Waals surface area contributed by atoms with Crippen molar-refractivity contribution in [1.29, 1.82) is 0 Å². The van der Waals surface area contributed by atoms with Gasteiger partial charge < -0.3 is 4.42 Å². The van der Waals surface area contributed by atoms with Gasteiger partial charge in [0.05, 0.1) is 0 Å². The van der Waals surface area contributed by atoms with Crippen LogP contribution in [0.2, 0.25) is 0 Å². The van der Waals surface area contributed by atoms with E-state index in [1.165, 1.54) is 114 Å². The monoisotopic (exact) mass is 720 g/mol. The van der Waals surface area contributed by atoms with Crippen molar-refractivity contribution in [2.45, 2.75) is 0 Å². The van der Waals surface area contributed by atoms with E-state index in [-0.39, 0.29) is 0 Å². The van der Waals surface area contributed by atoms with Crippen molar-refractivity contribution in [3.05, 3.63) is 194 Å². The number of furan rings is 1. The van der Waals surface area contributed by atoms with Gasteiger partial charge in [-0.25, -0.2) is 0 Å². The number of hydrogen-bond acceptors (Lipinski definition) is 1. The first-order valence-electron chi connectivity index (χ1n) is 19.7. The average Bonchev–Trinajstić information content (AvgIpc) is 3.67. The quantitative estimate of drug-likeness (QED) is 0.166. The lowest BCUT2D eigenvalue weighted by atomic mass is 9.86. The molecule has 0 saturated heterocycles. The Morgan fingerprint density at radius 3 is 1.60 bits per heavy atom. The first kappa shape index (κ1) is 30.8. The minimum absolute atomic E-state index is 0.927. The normalized spacial score (nSPS) is 12.2. The summed E-state index contributed by atoms with van der Waals surface area (Å²) in [5, 5.41) is 20.3. The van der Waals surface area contributed by atoms with Crippen LogP contribution in [0, 0.1) is 0 Å². The van der Waals surface area contributed by atoms with Crippen molar-refractivity contribution in [1.82, 2.24) is 0 Å². The Morgan fingerprint density at radius 2 is 0.772 bits per heavy atom. The Labute approximate surface area is 328 Å². The van der Waals surface area contributed by atoms with Crippen LogP contribution in [0.25, 0.3) is 131 Å². The van der Waals surface area contributed by atoms with Crippen molar-refractivity contribution in [3.8, 4) is 33.4 Å². The lowest BCUT2D eigenvalue weighted by molar-refractivity contribution is 0.669. The highest BCUT2D eigenvalue weighted by Crippen LogP contribution is 2.45. The highest BCUT2D eigenvalue weighted by Gasteiger charge is 2.18. The summed E-state index contributed by atoms with van der Waals surface area (Å²) in [5.74, 6) is 0. The van der Waals surface area contributed by atoms with E-state index in [4.69, 9.17) is 4.42 Å². The Bertz CT molecular complexity index is 3760. The van der Waals surface area contributed by atoms with Gasteiger partial charge in [0.15, 0.2) is 0 Å². The highest BCUT2D eigenvalue weighted by atomic mass is 16.3. The van der Waals surface area contributed by atoms with Gasteiger partial charge in [0.1, 0.15) is 11.2 Å². The van der Waals surface area contributed by atoms with Crippen LogP contribution in [0.4, 0.5) is 0 Å². The molecule has 0 atom stereocenters. The average molecular weight is 721 g/mol. The standard InChI is InChI=1S/C56H32O/c1-2-10-39-34(8-1)9-7-14-41(39)43-26-21-37-22-28-46-40(25-20-36-23-29-47(43)54(37)53(36)46)35-18-16-33(17-19-35)38-24-27-44-48-30-31-52-56(49-13-5-6-15-51(49)57-52)55(48)45-12-4-3-11-42(45)50(44)32-38/h1-32H. The van der Waals surface area contributed by atoms with Crippen LogP contribution in [-0.4, -0.2) is 0 Å². The molecule has 0 radical (unpaired) electrons. The molecule has 13 rings (SSSR count). The molecule has 1 aromatic heterocycles. The summed E-state index contributed by atoms with van der Waals surface area (Å²) >= 11 is 0. The summed E-state index contributed by atoms with van der Waals surface area (Å²) in [6.07, 6.45) is 0. The van der Waals surface area contributed by atoms with E-state index in [0.29, 0.717) is 0 Å². The minimum Gasteiger partial charge on any atom is -0.456 e. The van der Waals surface area contributed by atoms with Crippen LogP contribution < -0.4 is 0 Å². The molecule has 0 aliphatic carbocycles. The van der Waals surface area contributed by atoms with Crippen LogP contribution in [-0.2, 0) is 0 Å². The van der Waals surface area contributed by atoms with Crippen LogP contribution in [0.1, 0.15) is 0 Å². The maximum atomic E-state index is 6.33. The molecule has 1 nitrogen and oxygen atoms in total. The van der Waals surface area contributed by atoms with Gasteiger partial charge in [0.25, 0.3) is 0 Å². The van der Waals surface area contributed by atoms with Crippen LogP contribution >= 0.6 is 0 Å². The fourth-order valence-corrected chi connectivity index (χ4v) is 10.0. The van der Waals surface area contributed by atoms with Crippen LogP contribution in [0.3, 0.4) is 0 Å². The molecule has 57 heavy (non-hydrogen) atoms. The second-order valence-corrected chi connectivity index (χ2v) is 15.5. The smallest absolute Gasteiger partial charge is 0.136 e. The Hall–Kier alpha value is -7.48. The molecule has 0 aliphatic rings. The van der Waals surface area contributed by atoms with E-state index in [9.17, 15) is 0 Å². The maximum absolute atomic E-state index is 6.33. The summed E-state index contributed by atoms with van der Waals surface area (Å²) in [4.78, 5) is 0. The van der Waals surface area contributed by atoms with Crippen molar-refractivity contribution in [2.24, 2.45) is 0 Å². The summed E-state index contributed by atoms with van der Waals surface area (Å²) in [6, 6.07) is 71.6. The third-order valence-corrected chi connectivity index (χ3v) is 12.6. The largest absolute Gasteiger partial charge is 0.456 e. The summed E-state index contributed by atoms with van der Waals surface area (Å²) < 4.78 is 6.33. The molecule has 12 aromatic carbocycles. The van der Waals surface area contributed by atoms with E-state index in [0.717, 1.165) is 16.6 Å². The number of hydrogen-bond donors (Lipinski definition) is 0. The molecule has 0 bridgehead atoms. The highest BCUT2D eigenvalue weighted by molar-refractivity contribution is 6.35. The van der Waals surface area contributed by atoms with Gasteiger partial charge >= 0.3 is 0 Å².